The number of hydrogen-bond acceptors (Lipinski definition) is 4. The molecule has 1 aromatic carbocycles. The fraction of sp³-hybridized carbons (Fsp3) is 0.400. The van der Waals surface area contributed by atoms with Gasteiger partial charge in [-0.25, -0.2) is 28.3 Å². The molecule has 0 N–H and O–H groups in total. The molecule has 0 unspecified atom stereocenters. The van der Waals surface area contributed by atoms with E-state index in [4.69, 9.17) is 4.74 Å². The van der Waals surface area contributed by atoms with Gasteiger partial charge in [0.05, 0.1) is 12.8 Å². The third-order valence-electron chi connectivity index (χ3n) is 4.17. The van der Waals surface area contributed by atoms with Gasteiger partial charge in [-0.05, 0) is 31.9 Å². The standard InChI is InChI=1S/C15H17N3O4/c1-15(12(19)22-2)9-6-10-16-13(20)17(14(21)18(15)16)11-7-4-3-5-8-11/h3-5,7-8H,6,9-10H2,1-2H3/t15-/m0/s1. The minimum Gasteiger partial charge on any atom is -0.467 e. The number of fused-ring (bicyclic) bond motifs is 1. The van der Waals surface area contributed by atoms with E-state index < -0.39 is 22.9 Å². The summed E-state index contributed by atoms with van der Waals surface area (Å²) in [5, 5.41) is 0. The Bertz CT molecular complexity index is 831. The average Bonchev–Trinajstić information content (AvgIpc) is 2.80. The maximum absolute atomic E-state index is 12.8. The number of aromatic nitrogens is 3. The van der Waals surface area contributed by atoms with Gasteiger partial charge in [-0.1, -0.05) is 18.2 Å². The number of benzene rings is 1. The average molecular weight is 303 g/mol. The van der Waals surface area contributed by atoms with Gasteiger partial charge in [-0.3, -0.25) is 0 Å². The van der Waals surface area contributed by atoms with Crippen molar-refractivity contribution in [2.24, 2.45) is 0 Å². The quantitative estimate of drug-likeness (QED) is 0.756. The van der Waals surface area contributed by atoms with Crippen LogP contribution in [0.25, 0.3) is 5.69 Å². The first kappa shape index (κ1) is 14.4. The number of hydrogen-bond donors (Lipinski definition) is 0. The molecule has 0 bridgehead atoms. The van der Waals surface area contributed by atoms with Crippen molar-refractivity contribution in [1.29, 1.82) is 0 Å². The summed E-state index contributed by atoms with van der Waals surface area (Å²) in [6, 6.07) is 8.68. The molecule has 2 heterocycles. The topological polar surface area (TPSA) is 75.2 Å². The van der Waals surface area contributed by atoms with Gasteiger partial charge in [0.1, 0.15) is 0 Å². The first-order chi connectivity index (χ1) is 10.5. The van der Waals surface area contributed by atoms with E-state index in [1.807, 2.05) is 0 Å². The molecule has 0 fully saturated rings. The monoisotopic (exact) mass is 303 g/mol. The predicted octanol–water partition coefficient (Wildman–Crippen LogP) is 0.483. The van der Waals surface area contributed by atoms with Crippen LogP contribution >= 0.6 is 0 Å². The third-order valence-corrected chi connectivity index (χ3v) is 4.17. The van der Waals surface area contributed by atoms with Crippen molar-refractivity contribution in [3.8, 4) is 5.69 Å². The molecule has 0 amide bonds. The van der Waals surface area contributed by atoms with Crippen molar-refractivity contribution in [2.75, 3.05) is 7.11 Å². The molecule has 0 saturated carbocycles. The van der Waals surface area contributed by atoms with Gasteiger partial charge >= 0.3 is 17.3 Å². The fourth-order valence-corrected chi connectivity index (χ4v) is 3.04. The van der Waals surface area contributed by atoms with E-state index >= 15 is 0 Å². The Labute approximate surface area is 126 Å². The van der Waals surface area contributed by atoms with E-state index in [2.05, 4.69) is 0 Å². The molecule has 1 aliphatic rings. The SMILES string of the molecule is COC(=O)[C@]1(C)CCCn2c(=O)n(-c3ccccc3)c(=O)n21. The predicted molar refractivity (Wildman–Crippen MR) is 79.2 cm³/mol. The number of carbonyl (C=O) groups excluding carboxylic acids is 1. The van der Waals surface area contributed by atoms with Gasteiger partial charge in [0.25, 0.3) is 0 Å². The van der Waals surface area contributed by atoms with E-state index in [0.717, 1.165) is 4.57 Å². The lowest BCUT2D eigenvalue weighted by atomic mass is 9.94. The zero-order valence-corrected chi connectivity index (χ0v) is 12.5. The molecule has 3 rings (SSSR count). The number of carbonyl (C=O) groups is 1. The Hall–Kier alpha value is -2.57. The van der Waals surface area contributed by atoms with Gasteiger partial charge in [-0.2, -0.15) is 0 Å². The molecule has 7 nitrogen and oxygen atoms in total. The molecule has 22 heavy (non-hydrogen) atoms. The van der Waals surface area contributed by atoms with E-state index in [1.165, 1.54) is 16.5 Å². The summed E-state index contributed by atoms with van der Waals surface area (Å²) >= 11 is 0. The van der Waals surface area contributed by atoms with Crippen molar-refractivity contribution in [3.05, 3.63) is 51.3 Å². The molecule has 1 atom stereocenters. The minimum absolute atomic E-state index is 0.403. The van der Waals surface area contributed by atoms with Crippen LogP contribution in [0, 0.1) is 0 Å². The van der Waals surface area contributed by atoms with Crippen molar-refractivity contribution in [3.63, 3.8) is 0 Å². The van der Waals surface area contributed by atoms with Gasteiger partial charge in [0.2, 0.25) is 0 Å². The number of methoxy groups -OCH3 is 1. The molecule has 1 aliphatic heterocycles. The lowest BCUT2D eigenvalue weighted by molar-refractivity contribution is -0.153. The van der Waals surface area contributed by atoms with Crippen LogP contribution in [0.2, 0.25) is 0 Å². The Kier molecular flexibility index (Phi) is 3.27. The minimum atomic E-state index is -1.16. The molecule has 2 aromatic rings. The Morgan fingerprint density at radius 2 is 1.86 bits per heavy atom. The van der Waals surface area contributed by atoms with Crippen LogP contribution in [0.5, 0.6) is 0 Å². The molecule has 0 radical (unpaired) electrons. The Morgan fingerprint density at radius 1 is 1.18 bits per heavy atom. The molecule has 0 spiro atoms. The van der Waals surface area contributed by atoms with Gasteiger partial charge in [0.15, 0.2) is 5.54 Å². The largest absolute Gasteiger partial charge is 0.467 e. The zero-order chi connectivity index (χ0) is 15.9. The summed E-state index contributed by atoms with van der Waals surface area (Å²) < 4.78 is 8.49. The maximum atomic E-state index is 12.8. The summed E-state index contributed by atoms with van der Waals surface area (Å²) in [6.07, 6.45) is 1.08. The van der Waals surface area contributed by atoms with Crippen LogP contribution < -0.4 is 11.4 Å². The van der Waals surface area contributed by atoms with Gasteiger partial charge in [0, 0.05) is 6.54 Å². The highest BCUT2D eigenvalue weighted by molar-refractivity contribution is 5.78. The Morgan fingerprint density at radius 3 is 2.50 bits per heavy atom. The van der Waals surface area contributed by atoms with E-state index in [0.29, 0.717) is 25.1 Å². The Balaban J connectivity index is 2.31. The van der Waals surface area contributed by atoms with E-state index in [-0.39, 0.29) is 0 Å². The van der Waals surface area contributed by atoms with Gasteiger partial charge < -0.3 is 4.74 Å². The fourth-order valence-electron chi connectivity index (χ4n) is 3.04. The second kappa shape index (κ2) is 5.01. The van der Waals surface area contributed by atoms with Crippen LogP contribution in [0.1, 0.15) is 19.8 Å². The number of nitrogens with zero attached hydrogens (tertiary/aromatic N) is 3. The third kappa shape index (κ3) is 1.85. The van der Waals surface area contributed by atoms with E-state index in [9.17, 15) is 14.4 Å². The summed E-state index contributed by atoms with van der Waals surface area (Å²) in [4.78, 5) is 37.5. The van der Waals surface area contributed by atoms with Crippen molar-refractivity contribution >= 4 is 5.97 Å². The second-order valence-electron chi connectivity index (χ2n) is 5.54. The van der Waals surface area contributed by atoms with Crippen molar-refractivity contribution in [2.45, 2.75) is 31.8 Å². The molecule has 7 heteroatoms. The number of para-hydroxylation sites is 1. The van der Waals surface area contributed by atoms with Crippen LogP contribution in [0.4, 0.5) is 0 Å². The van der Waals surface area contributed by atoms with Crippen LogP contribution in [0.15, 0.2) is 39.9 Å². The van der Waals surface area contributed by atoms with Gasteiger partial charge in [-0.15, -0.1) is 0 Å². The van der Waals surface area contributed by atoms with Crippen LogP contribution in [-0.2, 0) is 21.6 Å². The summed E-state index contributed by atoms with van der Waals surface area (Å²) in [5.41, 5.74) is -1.64. The lowest BCUT2D eigenvalue weighted by Gasteiger charge is -2.32. The molecular formula is C15H17N3O4. The van der Waals surface area contributed by atoms with Crippen LogP contribution in [0.3, 0.4) is 0 Å². The summed E-state index contributed by atoms with van der Waals surface area (Å²) in [5.74, 6) is -0.520. The first-order valence-corrected chi connectivity index (χ1v) is 7.10. The molecule has 116 valence electrons. The molecule has 1 aromatic heterocycles. The number of esters is 1. The summed E-state index contributed by atoms with van der Waals surface area (Å²) in [7, 11) is 1.28. The second-order valence-corrected chi connectivity index (χ2v) is 5.54. The van der Waals surface area contributed by atoms with E-state index in [1.54, 1.807) is 37.3 Å². The molecule has 0 saturated heterocycles. The summed E-state index contributed by atoms with van der Waals surface area (Å²) in [6.45, 7) is 2.03. The smallest absolute Gasteiger partial charge is 0.352 e. The maximum Gasteiger partial charge on any atom is 0.352 e. The highest BCUT2D eigenvalue weighted by Gasteiger charge is 2.43. The highest BCUT2D eigenvalue weighted by atomic mass is 16.5. The zero-order valence-electron chi connectivity index (χ0n) is 12.5. The molecular weight excluding hydrogens is 286 g/mol. The number of rotatable bonds is 2. The van der Waals surface area contributed by atoms with Crippen LogP contribution in [-0.4, -0.2) is 27.0 Å². The first-order valence-electron chi connectivity index (χ1n) is 7.10. The van der Waals surface area contributed by atoms with Crippen molar-refractivity contribution < 1.29 is 9.53 Å². The van der Waals surface area contributed by atoms with Crippen molar-refractivity contribution in [1.82, 2.24) is 13.9 Å². The highest BCUT2D eigenvalue weighted by Crippen LogP contribution is 2.26. The number of ether oxygens (including phenoxy) is 1. The lowest BCUT2D eigenvalue weighted by Crippen LogP contribution is -2.51. The molecule has 0 aliphatic carbocycles. The normalized spacial score (nSPS) is 20.5.